The number of benzene rings is 2. The molecule has 31 heavy (non-hydrogen) atoms. The number of nitrogens with one attached hydrogen (secondary N) is 3. The van der Waals surface area contributed by atoms with E-state index in [2.05, 4.69) is 10.0 Å². The second kappa shape index (κ2) is 9.56. The zero-order chi connectivity index (χ0) is 23.2. The van der Waals surface area contributed by atoms with Crippen LogP contribution >= 0.6 is 0 Å². The van der Waals surface area contributed by atoms with Gasteiger partial charge in [-0.2, -0.15) is 0 Å². The van der Waals surface area contributed by atoms with Crippen LogP contribution in [-0.2, 0) is 19.6 Å². The minimum Gasteiger partial charge on any atom is -0.452 e. The van der Waals surface area contributed by atoms with Crippen LogP contribution in [0.4, 0.5) is 14.9 Å². The van der Waals surface area contributed by atoms with E-state index in [0.29, 0.717) is 0 Å². The van der Waals surface area contributed by atoms with Crippen molar-refractivity contribution in [1.29, 1.82) is 0 Å². The summed E-state index contributed by atoms with van der Waals surface area (Å²) in [4.78, 5) is 35.6. The van der Waals surface area contributed by atoms with Crippen LogP contribution in [0.25, 0.3) is 0 Å². The highest BCUT2D eigenvalue weighted by atomic mass is 32.2. The van der Waals surface area contributed by atoms with Crippen molar-refractivity contribution in [1.82, 2.24) is 10.6 Å². The molecular formula is C20H22FN3O6S. The number of esters is 1. The van der Waals surface area contributed by atoms with Gasteiger partial charge in [-0.1, -0.05) is 12.1 Å². The summed E-state index contributed by atoms with van der Waals surface area (Å²) in [5.41, 5.74) is -0.815. The smallest absolute Gasteiger partial charge is 0.340 e. The van der Waals surface area contributed by atoms with Crippen molar-refractivity contribution in [2.24, 2.45) is 0 Å². The first-order chi connectivity index (χ1) is 14.4. The Hall–Kier alpha value is -3.47. The van der Waals surface area contributed by atoms with Crippen LogP contribution in [0.3, 0.4) is 0 Å². The lowest BCUT2D eigenvalue weighted by molar-refractivity contribution is -0.123. The van der Waals surface area contributed by atoms with Gasteiger partial charge in [0.2, 0.25) is 0 Å². The number of amides is 3. The highest BCUT2D eigenvalue weighted by molar-refractivity contribution is 7.92. The van der Waals surface area contributed by atoms with Crippen LogP contribution in [-0.4, -0.2) is 38.5 Å². The second-order valence-electron chi connectivity index (χ2n) is 7.43. The standard InChI is InChI=1S/C20H22FN3O6S/c1-20(2,3)23-19(27)22-17(25)12-30-18(26)15-6-4-5-7-16(15)24-31(28,29)14-10-8-13(21)9-11-14/h4-11,24H,12H2,1-3H3,(H2,22,23,25,27). The molecule has 0 saturated carbocycles. The zero-order valence-electron chi connectivity index (χ0n) is 17.1. The van der Waals surface area contributed by atoms with E-state index in [9.17, 15) is 27.2 Å². The first kappa shape index (κ1) is 23.8. The molecule has 11 heteroatoms. The SMILES string of the molecule is CC(C)(C)NC(=O)NC(=O)COC(=O)c1ccccc1NS(=O)(=O)c1ccc(F)cc1. The summed E-state index contributed by atoms with van der Waals surface area (Å²) in [6, 6.07) is 8.97. The molecule has 2 rings (SSSR count). The van der Waals surface area contributed by atoms with E-state index in [1.54, 1.807) is 20.8 Å². The van der Waals surface area contributed by atoms with E-state index >= 15 is 0 Å². The normalized spacial score (nSPS) is 11.4. The minimum atomic E-state index is -4.11. The van der Waals surface area contributed by atoms with Gasteiger partial charge in [0.15, 0.2) is 6.61 Å². The molecule has 0 aliphatic heterocycles. The zero-order valence-corrected chi connectivity index (χ0v) is 17.9. The Labute approximate surface area is 179 Å². The largest absolute Gasteiger partial charge is 0.452 e. The fraction of sp³-hybridized carbons (Fsp3) is 0.250. The number of imide groups is 1. The molecule has 0 aromatic heterocycles. The molecule has 0 unspecified atom stereocenters. The molecule has 0 bridgehead atoms. The maximum atomic E-state index is 13.0. The summed E-state index contributed by atoms with van der Waals surface area (Å²) >= 11 is 0. The highest BCUT2D eigenvalue weighted by Crippen LogP contribution is 2.21. The minimum absolute atomic E-state index is 0.0947. The van der Waals surface area contributed by atoms with E-state index in [1.807, 2.05) is 5.32 Å². The predicted octanol–water partition coefficient (Wildman–Crippen LogP) is 2.41. The number of carbonyl (C=O) groups is 3. The number of hydrogen-bond acceptors (Lipinski definition) is 6. The maximum Gasteiger partial charge on any atom is 0.340 e. The topological polar surface area (TPSA) is 131 Å². The van der Waals surface area contributed by atoms with Gasteiger partial charge in [0.05, 0.1) is 16.1 Å². The summed E-state index contributed by atoms with van der Waals surface area (Å²) in [6.07, 6.45) is 0. The average molecular weight is 451 g/mol. The molecule has 2 aromatic carbocycles. The van der Waals surface area contributed by atoms with Crippen LogP contribution < -0.4 is 15.4 Å². The molecule has 0 heterocycles. The molecule has 0 aliphatic rings. The van der Waals surface area contributed by atoms with Crippen LogP contribution in [0.1, 0.15) is 31.1 Å². The molecule has 0 fully saturated rings. The number of carbonyl (C=O) groups excluding carboxylic acids is 3. The lowest BCUT2D eigenvalue weighted by Gasteiger charge is -2.20. The van der Waals surface area contributed by atoms with Crippen LogP contribution in [0.15, 0.2) is 53.4 Å². The molecular weight excluding hydrogens is 429 g/mol. The molecule has 3 N–H and O–H groups in total. The van der Waals surface area contributed by atoms with Crippen molar-refractivity contribution in [2.75, 3.05) is 11.3 Å². The van der Waals surface area contributed by atoms with E-state index in [1.165, 1.54) is 24.3 Å². The van der Waals surface area contributed by atoms with Crippen molar-refractivity contribution >= 4 is 33.6 Å². The molecule has 0 aliphatic carbocycles. The molecule has 9 nitrogen and oxygen atoms in total. The van der Waals surface area contributed by atoms with Gasteiger partial charge in [0, 0.05) is 5.54 Å². The van der Waals surface area contributed by atoms with Gasteiger partial charge in [-0.25, -0.2) is 22.4 Å². The van der Waals surface area contributed by atoms with Crippen LogP contribution in [0, 0.1) is 5.82 Å². The van der Waals surface area contributed by atoms with Crippen molar-refractivity contribution in [3.05, 3.63) is 59.9 Å². The van der Waals surface area contributed by atoms with Gasteiger partial charge in [0.1, 0.15) is 5.82 Å². The third-order valence-electron chi connectivity index (χ3n) is 3.59. The Balaban J connectivity index is 2.06. The fourth-order valence-electron chi connectivity index (χ4n) is 2.31. The summed E-state index contributed by atoms with van der Waals surface area (Å²) in [5, 5.41) is 4.53. The summed E-state index contributed by atoms with van der Waals surface area (Å²) < 4.78 is 45.2. The van der Waals surface area contributed by atoms with Crippen LogP contribution in [0.2, 0.25) is 0 Å². The summed E-state index contributed by atoms with van der Waals surface area (Å²) in [5.74, 6) is -2.44. The summed E-state index contributed by atoms with van der Waals surface area (Å²) in [7, 11) is -4.11. The van der Waals surface area contributed by atoms with E-state index in [4.69, 9.17) is 4.74 Å². The molecule has 0 spiro atoms. The van der Waals surface area contributed by atoms with E-state index < -0.39 is 45.9 Å². The Morgan fingerprint density at radius 1 is 1.00 bits per heavy atom. The number of ether oxygens (including phenoxy) is 1. The third-order valence-corrected chi connectivity index (χ3v) is 4.97. The lowest BCUT2D eigenvalue weighted by Crippen LogP contribution is -2.49. The van der Waals surface area contributed by atoms with Gasteiger partial charge >= 0.3 is 12.0 Å². The van der Waals surface area contributed by atoms with Gasteiger partial charge in [0.25, 0.3) is 15.9 Å². The van der Waals surface area contributed by atoms with Crippen molar-refractivity contribution in [2.45, 2.75) is 31.2 Å². The van der Waals surface area contributed by atoms with E-state index in [0.717, 1.165) is 24.3 Å². The Morgan fingerprint density at radius 2 is 1.61 bits per heavy atom. The van der Waals surface area contributed by atoms with E-state index in [-0.39, 0.29) is 16.1 Å². The molecule has 166 valence electrons. The third kappa shape index (κ3) is 7.37. The van der Waals surface area contributed by atoms with Gasteiger partial charge < -0.3 is 10.1 Å². The molecule has 0 radical (unpaired) electrons. The quantitative estimate of drug-likeness (QED) is 0.578. The summed E-state index contributed by atoms with van der Waals surface area (Å²) in [6.45, 7) is 4.42. The van der Waals surface area contributed by atoms with Gasteiger partial charge in [-0.05, 0) is 57.2 Å². The molecule has 0 saturated heterocycles. The predicted molar refractivity (Wildman–Crippen MR) is 110 cm³/mol. The van der Waals surface area contributed by atoms with Crippen molar-refractivity contribution in [3.8, 4) is 0 Å². The molecule has 0 atom stereocenters. The monoisotopic (exact) mass is 451 g/mol. The Kier molecular flexibility index (Phi) is 7.34. The number of hydrogen-bond donors (Lipinski definition) is 3. The number of sulfonamides is 1. The fourth-order valence-corrected chi connectivity index (χ4v) is 3.39. The highest BCUT2D eigenvalue weighted by Gasteiger charge is 2.21. The van der Waals surface area contributed by atoms with Crippen molar-refractivity contribution in [3.63, 3.8) is 0 Å². The molecule has 3 amide bonds. The van der Waals surface area contributed by atoms with Gasteiger partial charge in [-0.15, -0.1) is 0 Å². The first-order valence-corrected chi connectivity index (χ1v) is 10.5. The average Bonchev–Trinajstić information content (AvgIpc) is 2.65. The van der Waals surface area contributed by atoms with Crippen LogP contribution in [0.5, 0.6) is 0 Å². The second-order valence-corrected chi connectivity index (χ2v) is 9.12. The molecule has 2 aromatic rings. The number of urea groups is 1. The number of anilines is 1. The van der Waals surface area contributed by atoms with Crippen molar-refractivity contribution < 1.29 is 31.9 Å². The van der Waals surface area contributed by atoms with Gasteiger partial charge in [-0.3, -0.25) is 14.8 Å². The number of para-hydroxylation sites is 1. The first-order valence-electron chi connectivity index (χ1n) is 9.04. The lowest BCUT2D eigenvalue weighted by atomic mass is 10.1. The number of rotatable bonds is 6. The Bertz CT molecular complexity index is 1080. The number of halogens is 1. The Morgan fingerprint density at radius 3 is 2.23 bits per heavy atom. The maximum absolute atomic E-state index is 13.0.